The smallest absolute Gasteiger partial charge is 0.344 e. The number of hydrogen-bond donors (Lipinski definition) is 1. The first-order valence-corrected chi connectivity index (χ1v) is 10.5. The average Bonchev–Trinajstić information content (AvgIpc) is 3.19. The normalized spacial score (nSPS) is 11.6. The Morgan fingerprint density at radius 2 is 2.03 bits per heavy atom. The van der Waals surface area contributed by atoms with E-state index in [0.717, 1.165) is 5.56 Å². The minimum absolute atomic E-state index is 0.148. The Balaban J connectivity index is 1.64. The van der Waals surface area contributed by atoms with E-state index in [1.54, 1.807) is 36.6 Å². The molecule has 0 bridgehead atoms. The predicted octanol–water partition coefficient (Wildman–Crippen LogP) is 5.09. The van der Waals surface area contributed by atoms with Gasteiger partial charge in [-0.05, 0) is 38.1 Å². The maximum Gasteiger partial charge on any atom is 0.344 e. The van der Waals surface area contributed by atoms with Gasteiger partial charge in [-0.2, -0.15) is 0 Å². The van der Waals surface area contributed by atoms with Crippen LogP contribution in [0.25, 0.3) is 11.3 Å². The highest BCUT2D eigenvalue weighted by atomic mass is 35.5. The molecule has 156 valence electrons. The molecule has 0 unspecified atom stereocenters. The van der Waals surface area contributed by atoms with E-state index in [9.17, 15) is 9.59 Å². The molecule has 3 aromatic rings. The summed E-state index contributed by atoms with van der Waals surface area (Å²) in [6.45, 7) is 3.59. The molecular weight excluding hydrogens is 449 g/mol. The Morgan fingerprint density at radius 1 is 1.23 bits per heavy atom. The SMILES string of the molecule is CCOc1ncccc1C(=O)O[C@H](C)C(=O)Nc1nc(-c2ccc(Cl)c(Cl)c2)cs1. The molecule has 10 heteroatoms. The Morgan fingerprint density at radius 3 is 2.77 bits per heavy atom. The molecule has 0 aliphatic rings. The number of hydrogen-bond acceptors (Lipinski definition) is 7. The third-order valence-electron chi connectivity index (χ3n) is 3.87. The van der Waals surface area contributed by atoms with Crippen molar-refractivity contribution in [1.29, 1.82) is 0 Å². The van der Waals surface area contributed by atoms with Crippen LogP contribution >= 0.6 is 34.5 Å². The van der Waals surface area contributed by atoms with Crippen molar-refractivity contribution in [2.24, 2.45) is 0 Å². The van der Waals surface area contributed by atoms with Gasteiger partial charge in [-0.1, -0.05) is 29.3 Å². The van der Waals surface area contributed by atoms with Gasteiger partial charge < -0.3 is 9.47 Å². The number of amides is 1. The summed E-state index contributed by atoms with van der Waals surface area (Å²) >= 11 is 13.2. The minimum atomic E-state index is -1.05. The lowest BCUT2D eigenvalue weighted by molar-refractivity contribution is -0.123. The second-order valence-electron chi connectivity index (χ2n) is 5.99. The number of carbonyl (C=O) groups is 2. The van der Waals surface area contributed by atoms with Crippen LogP contribution in [-0.4, -0.2) is 34.6 Å². The van der Waals surface area contributed by atoms with E-state index in [1.165, 1.54) is 30.5 Å². The number of thiazole rings is 1. The van der Waals surface area contributed by atoms with Crippen molar-refractivity contribution in [2.45, 2.75) is 20.0 Å². The van der Waals surface area contributed by atoms with Crippen LogP contribution in [0.4, 0.5) is 5.13 Å². The fourth-order valence-electron chi connectivity index (χ4n) is 2.40. The number of anilines is 1. The van der Waals surface area contributed by atoms with Crippen molar-refractivity contribution in [3.8, 4) is 17.1 Å². The molecule has 30 heavy (non-hydrogen) atoms. The van der Waals surface area contributed by atoms with E-state index in [0.29, 0.717) is 27.5 Å². The molecule has 0 saturated heterocycles. The molecule has 0 aliphatic heterocycles. The summed E-state index contributed by atoms with van der Waals surface area (Å²) in [5.41, 5.74) is 1.55. The number of halogens is 2. The highest BCUT2D eigenvalue weighted by molar-refractivity contribution is 7.14. The molecule has 0 aliphatic carbocycles. The number of benzene rings is 1. The van der Waals surface area contributed by atoms with Crippen LogP contribution in [0, 0.1) is 0 Å². The zero-order valence-corrected chi connectivity index (χ0v) is 18.3. The van der Waals surface area contributed by atoms with Crippen molar-refractivity contribution in [3.63, 3.8) is 0 Å². The quantitative estimate of drug-likeness (QED) is 0.488. The van der Waals surface area contributed by atoms with Crippen LogP contribution < -0.4 is 10.1 Å². The van der Waals surface area contributed by atoms with Crippen molar-refractivity contribution in [3.05, 3.63) is 57.5 Å². The van der Waals surface area contributed by atoms with E-state index >= 15 is 0 Å². The molecule has 1 amide bonds. The van der Waals surface area contributed by atoms with E-state index in [-0.39, 0.29) is 11.4 Å². The number of pyridine rings is 1. The number of nitrogens with one attached hydrogen (secondary N) is 1. The van der Waals surface area contributed by atoms with Crippen LogP contribution in [0.2, 0.25) is 10.0 Å². The van der Waals surface area contributed by atoms with Crippen molar-refractivity contribution in [1.82, 2.24) is 9.97 Å². The third-order valence-corrected chi connectivity index (χ3v) is 5.37. The molecule has 1 N–H and O–H groups in total. The largest absolute Gasteiger partial charge is 0.477 e. The molecule has 2 aromatic heterocycles. The fourth-order valence-corrected chi connectivity index (χ4v) is 3.42. The molecular formula is C20H17Cl2N3O4S. The highest BCUT2D eigenvalue weighted by Gasteiger charge is 2.23. The number of nitrogens with zero attached hydrogens (tertiary/aromatic N) is 2. The van der Waals surface area contributed by atoms with Crippen LogP contribution in [0.15, 0.2) is 41.9 Å². The lowest BCUT2D eigenvalue weighted by atomic mass is 10.2. The van der Waals surface area contributed by atoms with E-state index in [4.69, 9.17) is 32.7 Å². The van der Waals surface area contributed by atoms with E-state index in [1.807, 2.05) is 0 Å². The van der Waals surface area contributed by atoms with Gasteiger partial charge in [-0.3, -0.25) is 10.1 Å². The fraction of sp³-hybridized carbons (Fsp3) is 0.200. The van der Waals surface area contributed by atoms with Gasteiger partial charge in [0.05, 0.1) is 22.3 Å². The highest BCUT2D eigenvalue weighted by Crippen LogP contribution is 2.30. The standard InChI is InChI=1S/C20H17Cl2N3O4S/c1-3-28-18-13(5-4-8-23-18)19(27)29-11(2)17(26)25-20-24-16(10-30-20)12-6-7-14(21)15(22)9-12/h4-11H,3H2,1-2H3,(H,24,25,26)/t11-/m1/s1. The summed E-state index contributed by atoms with van der Waals surface area (Å²) in [6.07, 6.45) is 0.454. The molecule has 0 radical (unpaired) electrons. The lowest BCUT2D eigenvalue weighted by Gasteiger charge is -2.13. The zero-order valence-electron chi connectivity index (χ0n) is 16.0. The molecule has 0 fully saturated rings. The van der Waals surface area contributed by atoms with Gasteiger partial charge in [0.1, 0.15) is 5.56 Å². The Hall–Kier alpha value is -2.68. The van der Waals surface area contributed by atoms with E-state index < -0.39 is 18.0 Å². The van der Waals surface area contributed by atoms with Crippen molar-refractivity contribution < 1.29 is 19.1 Å². The molecule has 0 spiro atoms. The predicted molar refractivity (Wildman–Crippen MR) is 116 cm³/mol. The second-order valence-corrected chi connectivity index (χ2v) is 7.67. The summed E-state index contributed by atoms with van der Waals surface area (Å²) < 4.78 is 10.6. The van der Waals surface area contributed by atoms with E-state index in [2.05, 4.69) is 15.3 Å². The summed E-state index contributed by atoms with van der Waals surface area (Å²) in [4.78, 5) is 33.2. The first-order chi connectivity index (χ1) is 14.4. The maximum atomic E-state index is 12.4. The summed E-state index contributed by atoms with van der Waals surface area (Å²) in [7, 11) is 0. The zero-order chi connectivity index (χ0) is 21.7. The Labute approximate surface area is 187 Å². The molecule has 0 saturated carbocycles. The molecule has 1 aromatic carbocycles. The van der Waals surface area contributed by atoms with Crippen LogP contribution in [-0.2, 0) is 9.53 Å². The third kappa shape index (κ3) is 5.27. The van der Waals surface area contributed by atoms with Gasteiger partial charge in [-0.15, -0.1) is 11.3 Å². The molecule has 3 rings (SSSR count). The van der Waals surface area contributed by atoms with Gasteiger partial charge in [0.2, 0.25) is 5.88 Å². The summed E-state index contributed by atoms with van der Waals surface area (Å²) in [5.74, 6) is -1.06. The Kier molecular flexibility index (Phi) is 7.25. The monoisotopic (exact) mass is 465 g/mol. The average molecular weight is 466 g/mol. The van der Waals surface area contributed by atoms with Crippen molar-refractivity contribution >= 4 is 51.5 Å². The van der Waals surface area contributed by atoms with Gasteiger partial charge in [0.25, 0.3) is 5.91 Å². The summed E-state index contributed by atoms with van der Waals surface area (Å²) in [5, 5.41) is 5.63. The first kappa shape index (κ1) is 22.0. The summed E-state index contributed by atoms with van der Waals surface area (Å²) in [6, 6.07) is 8.26. The number of carbonyl (C=O) groups excluding carboxylic acids is 2. The van der Waals surface area contributed by atoms with Crippen LogP contribution in [0.3, 0.4) is 0 Å². The molecule has 2 heterocycles. The van der Waals surface area contributed by atoms with Gasteiger partial charge in [0.15, 0.2) is 11.2 Å². The van der Waals surface area contributed by atoms with Crippen molar-refractivity contribution in [2.75, 3.05) is 11.9 Å². The maximum absolute atomic E-state index is 12.4. The second kappa shape index (κ2) is 9.88. The Bertz CT molecular complexity index is 1070. The topological polar surface area (TPSA) is 90.4 Å². The minimum Gasteiger partial charge on any atom is -0.477 e. The molecule has 7 nitrogen and oxygen atoms in total. The first-order valence-electron chi connectivity index (χ1n) is 8.89. The number of esters is 1. The number of aromatic nitrogens is 2. The molecule has 1 atom stereocenters. The van der Waals surface area contributed by atoms with Gasteiger partial charge >= 0.3 is 5.97 Å². The number of rotatable bonds is 7. The van der Waals surface area contributed by atoms with Crippen LogP contribution in [0.5, 0.6) is 5.88 Å². The van der Waals surface area contributed by atoms with Gasteiger partial charge in [0, 0.05) is 17.1 Å². The van der Waals surface area contributed by atoms with Gasteiger partial charge in [-0.25, -0.2) is 14.8 Å². The van der Waals surface area contributed by atoms with Crippen LogP contribution in [0.1, 0.15) is 24.2 Å². The number of ether oxygens (including phenoxy) is 2. The lowest BCUT2D eigenvalue weighted by Crippen LogP contribution is -2.30.